The fourth-order valence-corrected chi connectivity index (χ4v) is 1.67. The van der Waals surface area contributed by atoms with Gasteiger partial charge in [0, 0.05) is 0 Å². The second-order valence-electron chi connectivity index (χ2n) is 5.17. The van der Waals surface area contributed by atoms with Gasteiger partial charge in [-0.3, -0.25) is 0 Å². The Morgan fingerprint density at radius 2 is 1.09 bits per heavy atom. The van der Waals surface area contributed by atoms with Crippen molar-refractivity contribution in [1.82, 2.24) is 0 Å². The van der Waals surface area contributed by atoms with Crippen molar-refractivity contribution >= 4 is 0 Å². The molecule has 0 aliphatic carbocycles. The number of rotatable bonds is 6. The molecule has 0 saturated heterocycles. The summed E-state index contributed by atoms with van der Waals surface area (Å²) in [7, 11) is 0. The molecule has 0 aliphatic heterocycles. The summed E-state index contributed by atoms with van der Waals surface area (Å²) < 4.78 is 143. The van der Waals surface area contributed by atoms with Gasteiger partial charge in [0.2, 0.25) is 5.67 Å². The lowest BCUT2D eigenvalue weighted by Gasteiger charge is -2.44. The standard InChI is InChI=1S/C11H13F11O/c1-4-5-6(2,7(3,12)9(15,16)17)23-11(21,22)8(13,14)10(18,19)20/h4-5H2,1-3H3. The van der Waals surface area contributed by atoms with Gasteiger partial charge >= 0.3 is 24.4 Å². The number of hydrogen-bond acceptors (Lipinski definition) is 1. The summed E-state index contributed by atoms with van der Waals surface area (Å²) in [6, 6.07) is 0. The largest absolute Gasteiger partial charge is 0.462 e. The molecule has 12 heteroatoms. The SMILES string of the molecule is CCCC(C)(OC(F)(F)C(F)(F)C(F)(F)F)C(C)(F)C(F)(F)F. The second-order valence-corrected chi connectivity index (χ2v) is 5.17. The number of halogens is 11. The molecule has 140 valence electrons. The van der Waals surface area contributed by atoms with Crippen molar-refractivity contribution in [3.8, 4) is 0 Å². The van der Waals surface area contributed by atoms with E-state index in [1.54, 1.807) is 0 Å². The molecule has 0 aliphatic rings. The van der Waals surface area contributed by atoms with Gasteiger partial charge in [-0.25, -0.2) is 4.39 Å². The summed E-state index contributed by atoms with van der Waals surface area (Å²) in [5.41, 5.74) is -8.29. The molecule has 0 rings (SSSR count). The highest BCUT2D eigenvalue weighted by atomic mass is 19.4. The van der Waals surface area contributed by atoms with Crippen LogP contribution in [0.3, 0.4) is 0 Å². The molecule has 2 atom stereocenters. The van der Waals surface area contributed by atoms with E-state index in [0.717, 1.165) is 6.92 Å². The van der Waals surface area contributed by atoms with Gasteiger partial charge in [-0.05, 0) is 20.3 Å². The first kappa shape index (κ1) is 22.2. The van der Waals surface area contributed by atoms with Gasteiger partial charge in [-0.15, -0.1) is 0 Å². The van der Waals surface area contributed by atoms with E-state index in [0.29, 0.717) is 0 Å². The average Bonchev–Trinajstić information content (AvgIpc) is 2.24. The van der Waals surface area contributed by atoms with E-state index < -0.39 is 48.5 Å². The first-order valence-corrected chi connectivity index (χ1v) is 6.05. The lowest BCUT2D eigenvalue weighted by atomic mass is 9.83. The van der Waals surface area contributed by atoms with Gasteiger partial charge in [0.05, 0.1) is 0 Å². The minimum Gasteiger partial charge on any atom is -0.305 e. The Morgan fingerprint density at radius 1 is 0.696 bits per heavy atom. The lowest BCUT2D eigenvalue weighted by Crippen LogP contribution is -2.64. The van der Waals surface area contributed by atoms with Gasteiger partial charge in [-0.1, -0.05) is 13.3 Å². The fraction of sp³-hybridized carbons (Fsp3) is 1.00. The van der Waals surface area contributed by atoms with Gasteiger partial charge in [-0.2, -0.15) is 43.9 Å². The molecule has 0 fully saturated rings. The minimum absolute atomic E-state index is 0.0599. The predicted octanol–water partition coefficient (Wildman–Crippen LogP) is 5.64. The third kappa shape index (κ3) is 3.82. The smallest absolute Gasteiger partial charge is 0.305 e. The van der Waals surface area contributed by atoms with Crippen LogP contribution in [0.1, 0.15) is 33.6 Å². The van der Waals surface area contributed by atoms with Crippen LogP contribution in [-0.2, 0) is 4.74 Å². The minimum atomic E-state index is -6.81. The van der Waals surface area contributed by atoms with Crippen LogP contribution in [0.4, 0.5) is 48.3 Å². The Morgan fingerprint density at radius 3 is 1.35 bits per heavy atom. The van der Waals surface area contributed by atoms with Crippen LogP contribution in [-0.4, -0.2) is 35.7 Å². The van der Waals surface area contributed by atoms with Crippen LogP contribution in [0.15, 0.2) is 0 Å². The summed E-state index contributed by atoms with van der Waals surface area (Å²) in [5.74, 6) is -6.81. The van der Waals surface area contributed by atoms with E-state index in [1.165, 1.54) is 0 Å². The fourth-order valence-electron chi connectivity index (χ4n) is 1.67. The molecular formula is C11H13F11O. The van der Waals surface area contributed by atoms with Crippen molar-refractivity contribution in [2.75, 3.05) is 0 Å². The van der Waals surface area contributed by atoms with Crippen LogP contribution < -0.4 is 0 Å². The summed E-state index contributed by atoms with van der Waals surface area (Å²) >= 11 is 0. The number of ether oxygens (including phenoxy) is 1. The Balaban J connectivity index is 5.95. The van der Waals surface area contributed by atoms with E-state index >= 15 is 0 Å². The zero-order valence-electron chi connectivity index (χ0n) is 12.0. The summed E-state index contributed by atoms with van der Waals surface area (Å²) in [4.78, 5) is 0. The van der Waals surface area contributed by atoms with Gasteiger partial charge in [0.15, 0.2) is 0 Å². The molecule has 0 radical (unpaired) electrons. The summed E-state index contributed by atoms with van der Waals surface area (Å²) in [6.07, 6.45) is -20.7. The third-order valence-electron chi connectivity index (χ3n) is 3.33. The Bertz CT molecular complexity index is 409. The third-order valence-corrected chi connectivity index (χ3v) is 3.33. The van der Waals surface area contributed by atoms with Crippen molar-refractivity contribution in [3.05, 3.63) is 0 Å². The van der Waals surface area contributed by atoms with Crippen molar-refractivity contribution in [1.29, 1.82) is 0 Å². The zero-order valence-corrected chi connectivity index (χ0v) is 12.0. The second kappa shape index (κ2) is 5.92. The topological polar surface area (TPSA) is 9.23 Å². The normalized spacial score (nSPS) is 20.1. The lowest BCUT2D eigenvalue weighted by molar-refractivity contribution is -0.456. The first-order valence-electron chi connectivity index (χ1n) is 6.05. The van der Waals surface area contributed by atoms with Gasteiger partial charge < -0.3 is 4.74 Å². The maximum atomic E-state index is 13.9. The summed E-state index contributed by atoms with van der Waals surface area (Å²) in [5, 5.41) is 0. The highest BCUT2D eigenvalue weighted by Crippen LogP contribution is 2.53. The van der Waals surface area contributed by atoms with E-state index in [2.05, 4.69) is 4.74 Å². The predicted molar refractivity (Wildman–Crippen MR) is 55.9 cm³/mol. The molecule has 0 aromatic carbocycles. The average molecular weight is 370 g/mol. The molecule has 0 aromatic rings. The van der Waals surface area contributed by atoms with Crippen LogP contribution in [0.5, 0.6) is 0 Å². The van der Waals surface area contributed by atoms with E-state index in [-0.39, 0.29) is 13.8 Å². The van der Waals surface area contributed by atoms with Crippen LogP contribution in [0, 0.1) is 0 Å². The molecule has 23 heavy (non-hydrogen) atoms. The molecule has 0 heterocycles. The number of alkyl halides is 11. The van der Waals surface area contributed by atoms with E-state index in [4.69, 9.17) is 0 Å². The first-order chi connectivity index (χ1) is 9.77. The highest BCUT2D eigenvalue weighted by Gasteiger charge is 2.77. The molecule has 0 N–H and O–H groups in total. The monoisotopic (exact) mass is 370 g/mol. The zero-order chi connectivity index (χ0) is 19.1. The molecule has 2 unspecified atom stereocenters. The quantitative estimate of drug-likeness (QED) is 0.550. The van der Waals surface area contributed by atoms with Gasteiger partial charge in [0.1, 0.15) is 5.60 Å². The van der Waals surface area contributed by atoms with Crippen LogP contribution in [0.2, 0.25) is 0 Å². The van der Waals surface area contributed by atoms with E-state index in [9.17, 15) is 48.3 Å². The molecule has 0 bridgehead atoms. The molecule has 0 aromatic heterocycles. The summed E-state index contributed by atoms with van der Waals surface area (Å²) in [6.45, 7) is 0.864. The number of hydrogen-bond donors (Lipinski definition) is 0. The van der Waals surface area contributed by atoms with Crippen molar-refractivity contribution < 1.29 is 53.0 Å². The van der Waals surface area contributed by atoms with Crippen molar-refractivity contribution in [3.63, 3.8) is 0 Å². The molecule has 0 saturated carbocycles. The Hall–Kier alpha value is -0.810. The maximum absolute atomic E-state index is 13.9. The Labute approximate surface area is 123 Å². The van der Waals surface area contributed by atoms with Crippen molar-refractivity contribution in [2.24, 2.45) is 0 Å². The highest BCUT2D eigenvalue weighted by molar-refractivity contribution is 5.02. The van der Waals surface area contributed by atoms with Gasteiger partial charge in [0.25, 0.3) is 0 Å². The molecule has 1 nitrogen and oxygen atoms in total. The maximum Gasteiger partial charge on any atom is 0.462 e. The van der Waals surface area contributed by atoms with Crippen LogP contribution in [0.25, 0.3) is 0 Å². The molecular weight excluding hydrogens is 357 g/mol. The van der Waals surface area contributed by atoms with Crippen LogP contribution >= 0.6 is 0 Å². The Kier molecular flexibility index (Phi) is 5.71. The molecule has 0 amide bonds. The van der Waals surface area contributed by atoms with Crippen molar-refractivity contribution in [2.45, 2.75) is 69.3 Å². The molecule has 0 spiro atoms. The van der Waals surface area contributed by atoms with E-state index in [1.807, 2.05) is 0 Å².